The minimum absolute atomic E-state index is 0.0524. The first-order chi connectivity index (χ1) is 16.5. The number of aromatic nitrogens is 1. The number of hydrogen-bond donors (Lipinski definition) is 3. The zero-order valence-corrected chi connectivity index (χ0v) is 18.1. The van der Waals surface area contributed by atoms with E-state index in [2.05, 4.69) is 15.4 Å². The van der Waals surface area contributed by atoms with Crippen LogP contribution in [0.4, 0.5) is 0 Å². The summed E-state index contributed by atoms with van der Waals surface area (Å²) in [6.45, 7) is 1.83. The molecule has 1 atom stereocenters. The van der Waals surface area contributed by atoms with E-state index >= 15 is 0 Å². The summed E-state index contributed by atoms with van der Waals surface area (Å²) in [6, 6.07) is 21.3. The fraction of sp³-hybridized carbons (Fsp3) is 0.0769. The van der Waals surface area contributed by atoms with Crippen molar-refractivity contribution in [3.05, 3.63) is 107 Å². The first-order valence-corrected chi connectivity index (χ1v) is 10.6. The van der Waals surface area contributed by atoms with Gasteiger partial charge in [-0.1, -0.05) is 60.7 Å². The van der Waals surface area contributed by atoms with Gasteiger partial charge in [0.25, 0.3) is 11.8 Å². The maximum absolute atomic E-state index is 13.8. The molecular weight excluding hydrogens is 432 g/mol. The molecule has 0 bridgehead atoms. The Morgan fingerprint density at radius 3 is 2.29 bits per heavy atom. The van der Waals surface area contributed by atoms with E-state index in [9.17, 15) is 19.5 Å². The minimum atomic E-state index is -1.24. The highest BCUT2D eigenvalue weighted by Crippen LogP contribution is 2.35. The van der Waals surface area contributed by atoms with Crippen LogP contribution < -0.4 is 5.32 Å². The molecule has 0 aliphatic carbocycles. The van der Waals surface area contributed by atoms with Crippen LogP contribution in [0.5, 0.6) is 0 Å². The van der Waals surface area contributed by atoms with E-state index in [1.807, 2.05) is 37.3 Å². The maximum Gasteiger partial charge on any atom is 0.336 e. The molecule has 34 heavy (non-hydrogen) atoms. The molecule has 0 spiro atoms. The van der Waals surface area contributed by atoms with Gasteiger partial charge in [0.2, 0.25) is 0 Å². The van der Waals surface area contributed by atoms with E-state index in [0.717, 1.165) is 15.9 Å². The number of aromatic carboxylic acids is 1. The zero-order chi connectivity index (χ0) is 23.8. The van der Waals surface area contributed by atoms with Gasteiger partial charge < -0.3 is 15.4 Å². The van der Waals surface area contributed by atoms with Crippen molar-refractivity contribution in [3.63, 3.8) is 0 Å². The first-order valence-electron chi connectivity index (χ1n) is 10.6. The van der Waals surface area contributed by atoms with Crippen LogP contribution in [0.25, 0.3) is 10.9 Å². The Morgan fingerprint density at radius 2 is 1.56 bits per heavy atom. The number of amides is 2. The average molecular weight is 452 g/mol. The molecule has 3 aromatic carbocycles. The standard InChI is InChI=1S/C26H20N4O4/c1-15-21(19-13-7-8-14-20(19)27-15)22-24(31)28-23(16-9-3-2-4-10-16)29-30(22)25(32)17-11-5-6-12-18(17)26(33)34/h2-14,22,27H,1H3,(H,33,34)(H,28,29,31)/t22-/m0/s1. The molecule has 1 aromatic heterocycles. The lowest BCUT2D eigenvalue weighted by Crippen LogP contribution is -2.49. The van der Waals surface area contributed by atoms with Crippen LogP contribution >= 0.6 is 0 Å². The number of aromatic amines is 1. The van der Waals surface area contributed by atoms with Gasteiger partial charge >= 0.3 is 5.97 Å². The summed E-state index contributed by atoms with van der Waals surface area (Å²) in [4.78, 5) is 42.4. The van der Waals surface area contributed by atoms with Crippen LogP contribution in [0.3, 0.4) is 0 Å². The van der Waals surface area contributed by atoms with Gasteiger partial charge in [-0.2, -0.15) is 0 Å². The van der Waals surface area contributed by atoms with Gasteiger partial charge in [-0.25, -0.2) is 9.80 Å². The summed E-state index contributed by atoms with van der Waals surface area (Å²) in [6.07, 6.45) is 0. The highest BCUT2D eigenvalue weighted by atomic mass is 16.4. The third-order valence-electron chi connectivity index (χ3n) is 5.80. The van der Waals surface area contributed by atoms with E-state index in [-0.39, 0.29) is 17.0 Å². The van der Waals surface area contributed by atoms with Gasteiger partial charge in [0.05, 0.1) is 11.1 Å². The predicted molar refractivity (Wildman–Crippen MR) is 126 cm³/mol. The second-order valence-electron chi connectivity index (χ2n) is 7.92. The summed E-state index contributed by atoms with van der Waals surface area (Å²) in [5.41, 5.74) is 2.54. The number of hydrazone groups is 1. The van der Waals surface area contributed by atoms with Gasteiger partial charge in [0.1, 0.15) is 0 Å². The minimum Gasteiger partial charge on any atom is -0.478 e. The van der Waals surface area contributed by atoms with Gasteiger partial charge in [-0.3, -0.25) is 9.59 Å². The van der Waals surface area contributed by atoms with Crippen LogP contribution in [0, 0.1) is 6.92 Å². The third kappa shape index (κ3) is 3.51. The molecule has 0 radical (unpaired) electrons. The second-order valence-corrected chi connectivity index (χ2v) is 7.92. The van der Waals surface area contributed by atoms with Crippen molar-refractivity contribution in [2.75, 3.05) is 0 Å². The molecule has 0 saturated carbocycles. The van der Waals surface area contributed by atoms with Crippen LogP contribution in [0.1, 0.15) is 43.6 Å². The molecule has 168 valence electrons. The fourth-order valence-electron chi connectivity index (χ4n) is 4.26. The number of carbonyl (C=O) groups excluding carboxylic acids is 2. The first kappa shape index (κ1) is 21.1. The van der Waals surface area contributed by atoms with Crippen LogP contribution in [0.15, 0.2) is 84.0 Å². The topological polar surface area (TPSA) is 115 Å². The lowest BCUT2D eigenvalue weighted by molar-refractivity contribution is -0.125. The number of amidine groups is 1. The summed E-state index contributed by atoms with van der Waals surface area (Å²) >= 11 is 0. The maximum atomic E-state index is 13.8. The van der Waals surface area contributed by atoms with E-state index in [4.69, 9.17) is 0 Å². The molecule has 0 saturated heterocycles. The van der Waals surface area contributed by atoms with Gasteiger partial charge in [0.15, 0.2) is 11.9 Å². The summed E-state index contributed by atoms with van der Waals surface area (Å²) in [5.74, 6) is -2.16. The molecule has 1 aliphatic rings. The number of aryl methyl sites for hydroxylation is 1. The SMILES string of the molecule is Cc1[nH]c2ccccc2c1[C@H]1C(=O)NC(c2ccccc2)=NN1C(=O)c1ccccc1C(=O)O. The lowest BCUT2D eigenvalue weighted by Gasteiger charge is -2.32. The molecule has 3 N–H and O–H groups in total. The van der Waals surface area contributed by atoms with Crippen molar-refractivity contribution in [2.45, 2.75) is 13.0 Å². The fourth-order valence-corrected chi connectivity index (χ4v) is 4.26. The number of fused-ring (bicyclic) bond motifs is 1. The molecule has 0 unspecified atom stereocenters. The molecule has 2 heterocycles. The summed E-state index contributed by atoms with van der Waals surface area (Å²) in [7, 11) is 0. The number of carboxylic acid groups (broad SMARTS) is 1. The van der Waals surface area contributed by atoms with E-state index in [1.165, 1.54) is 12.1 Å². The number of H-pyrrole nitrogens is 1. The molecular formula is C26H20N4O4. The average Bonchev–Trinajstić information content (AvgIpc) is 3.19. The Balaban J connectivity index is 1.72. The van der Waals surface area contributed by atoms with Gasteiger partial charge in [-0.15, -0.1) is 5.10 Å². The number of rotatable bonds is 4. The van der Waals surface area contributed by atoms with Crippen molar-refractivity contribution in [1.29, 1.82) is 0 Å². The molecule has 8 nitrogen and oxygen atoms in total. The number of carbonyl (C=O) groups is 3. The highest BCUT2D eigenvalue weighted by Gasteiger charge is 2.40. The van der Waals surface area contributed by atoms with Crippen molar-refractivity contribution in [2.24, 2.45) is 5.10 Å². The number of hydrogen-bond acceptors (Lipinski definition) is 4. The van der Waals surface area contributed by atoms with Crippen LogP contribution in [-0.4, -0.2) is 38.7 Å². The molecule has 2 amide bonds. The van der Waals surface area contributed by atoms with Crippen molar-refractivity contribution < 1.29 is 19.5 Å². The molecule has 0 fully saturated rings. The number of para-hydroxylation sites is 1. The Hall–Kier alpha value is -4.72. The number of nitrogens with one attached hydrogen (secondary N) is 2. The van der Waals surface area contributed by atoms with E-state index < -0.39 is 23.8 Å². The quantitative estimate of drug-likeness (QED) is 0.436. The largest absolute Gasteiger partial charge is 0.478 e. The molecule has 5 rings (SSSR count). The monoisotopic (exact) mass is 452 g/mol. The Kier molecular flexibility index (Phi) is 5.18. The second kappa shape index (κ2) is 8.32. The Morgan fingerprint density at radius 1 is 0.912 bits per heavy atom. The lowest BCUT2D eigenvalue weighted by atomic mass is 9.99. The van der Waals surface area contributed by atoms with Crippen molar-refractivity contribution in [1.82, 2.24) is 15.3 Å². The smallest absolute Gasteiger partial charge is 0.336 e. The summed E-state index contributed by atoms with van der Waals surface area (Å²) in [5, 5.41) is 18.9. The highest BCUT2D eigenvalue weighted by molar-refractivity contribution is 6.14. The number of carboxylic acids is 1. The third-order valence-corrected chi connectivity index (χ3v) is 5.80. The number of benzene rings is 3. The Bertz CT molecular complexity index is 1470. The van der Waals surface area contributed by atoms with Gasteiger partial charge in [-0.05, 0) is 25.1 Å². The molecule has 4 aromatic rings. The normalized spacial score (nSPS) is 15.7. The van der Waals surface area contributed by atoms with Crippen molar-refractivity contribution >= 4 is 34.5 Å². The van der Waals surface area contributed by atoms with Crippen LogP contribution in [0.2, 0.25) is 0 Å². The Labute approximate surface area is 194 Å². The predicted octanol–water partition coefficient (Wildman–Crippen LogP) is 3.85. The zero-order valence-electron chi connectivity index (χ0n) is 18.1. The molecule has 1 aliphatic heterocycles. The van der Waals surface area contributed by atoms with E-state index in [0.29, 0.717) is 16.8 Å². The van der Waals surface area contributed by atoms with E-state index in [1.54, 1.807) is 36.4 Å². The van der Waals surface area contributed by atoms with Gasteiger partial charge in [0, 0.05) is 27.7 Å². The van der Waals surface area contributed by atoms with Crippen molar-refractivity contribution in [3.8, 4) is 0 Å². The number of nitrogens with zero attached hydrogens (tertiary/aromatic N) is 2. The van der Waals surface area contributed by atoms with Crippen LogP contribution in [-0.2, 0) is 4.79 Å². The summed E-state index contributed by atoms with van der Waals surface area (Å²) < 4.78 is 0. The molecule has 8 heteroatoms.